The first kappa shape index (κ1) is 18.5. The Labute approximate surface area is 130 Å². The summed E-state index contributed by atoms with van der Waals surface area (Å²) >= 11 is 0. The number of esters is 1. The number of hydrogen-bond acceptors (Lipinski definition) is 5. The second kappa shape index (κ2) is 6.69. The molecule has 0 saturated heterocycles. The van der Waals surface area contributed by atoms with E-state index >= 15 is 0 Å². The van der Waals surface area contributed by atoms with Gasteiger partial charge in [-0.2, -0.15) is 5.26 Å². The summed E-state index contributed by atoms with van der Waals surface area (Å²) in [5.41, 5.74) is -1.48. The van der Waals surface area contributed by atoms with Gasteiger partial charge in [0.2, 0.25) is 5.92 Å². The molecule has 0 fully saturated rings. The second-order valence-corrected chi connectivity index (χ2v) is 5.50. The van der Waals surface area contributed by atoms with E-state index in [-0.39, 0.29) is 0 Å². The van der Waals surface area contributed by atoms with Crippen LogP contribution >= 0.6 is 0 Å². The maximum Gasteiger partial charge on any atom is 0.573 e. The number of carbonyl (C=O) groups excluding carboxylic acids is 2. The van der Waals surface area contributed by atoms with Gasteiger partial charge >= 0.3 is 12.3 Å². The van der Waals surface area contributed by atoms with Crippen molar-refractivity contribution in [1.82, 2.24) is 0 Å². The molecule has 0 spiro atoms. The quantitative estimate of drug-likeness (QED) is 0.481. The number of nitrogens with zero attached hydrogens (tertiary/aromatic N) is 1. The minimum Gasteiger partial charge on any atom is -0.459 e. The van der Waals surface area contributed by atoms with Crippen molar-refractivity contribution in [1.29, 1.82) is 5.26 Å². The molecule has 0 aliphatic rings. The van der Waals surface area contributed by atoms with Gasteiger partial charge in [0, 0.05) is 0 Å². The fourth-order valence-electron chi connectivity index (χ4n) is 1.62. The lowest BCUT2D eigenvalue weighted by Gasteiger charge is -2.21. The number of Topliss-reactive ketones (excluding diaryl/α,β-unsaturated/α-hetero) is 1. The predicted octanol–water partition coefficient (Wildman–Crippen LogP) is 3.25. The molecule has 0 N–H and O–H groups in total. The molecule has 23 heavy (non-hydrogen) atoms. The maximum atomic E-state index is 12.4. The summed E-state index contributed by atoms with van der Waals surface area (Å²) < 4.78 is 45.8. The van der Waals surface area contributed by atoms with Gasteiger partial charge in [-0.3, -0.25) is 9.59 Å². The molecule has 0 aromatic heterocycles. The summed E-state index contributed by atoms with van der Waals surface area (Å²) in [4.78, 5) is 24.1. The number of ketones is 1. The van der Waals surface area contributed by atoms with E-state index in [9.17, 15) is 22.8 Å². The van der Waals surface area contributed by atoms with Crippen LogP contribution in [0.1, 0.15) is 31.1 Å². The van der Waals surface area contributed by atoms with E-state index in [1.807, 2.05) is 0 Å². The standard InChI is InChI=1S/C15H14F3NO4/c1-14(2,3)23-13(21)10(8-19)12(20)9-6-4-5-7-11(9)22-15(16,17)18/h4-7,10H,1-3H3. The number of halogens is 3. The Bertz CT molecular complexity index is 641. The molecule has 0 aliphatic carbocycles. The lowest BCUT2D eigenvalue weighted by molar-refractivity contribution is -0.274. The number of alkyl halides is 3. The van der Waals surface area contributed by atoms with Crippen LogP contribution in [0.2, 0.25) is 0 Å². The van der Waals surface area contributed by atoms with Crippen molar-refractivity contribution in [3.05, 3.63) is 29.8 Å². The van der Waals surface area contributed by atoms with Crippen LogP contribution in [0.3, 0.4) is 0 Å². The molecule has 0 saturated carbocycles. The minimum absolute atomic E-state index is 0.526. The molecule has 0 bridgehead atoms. The SMILES string of the molecule is CC(C)(C)OC(=O)C(C#N)C(=O)c1ccccc1OC(F)(F)F. The van der Waals surface area contributed by atoms with Crippen molar-refractivity contribution in [2.24, 2.45) is 5.92 Å². The van der Waals surface area contributed by atoms with Crippen molar-refractivity contribution < 1.29 is 32.2 Å². The maximum absolute atomic E-state index is 12.4. The fourth-order valence-corrected chi connectivity index (χ4v) is 1.62. The van der Waals surface area contributed by atoms with E-state index in [4.69, 9.17) is 10.00 Å². The third kappa shape index (κ3) is 5.62. The van der Waals surface area contributed by atoms with E-state index in [1.54, 1.807) is 0 Å². The third-order valence-electron chi connectivity index (χ3n) is 2.41. The van der Waals surface area contributed by atoms with Crippen molar-refractivity contribution in [3.8, 4) is 11.8 Å². The lowest BCUT2D eigenvalue weighted by Crippen LogP contribution is -2.32. The van der Waals surface area contributed by atoms with Crippen molar-refractivity contribution in [3.63, 3.8) is 0 Å². The van der Waals surface area contributed by atoms with Crippen molar-refractivity contribution in [2.75, 3.05) is 0 Å². The van der Waals surface area contributed by atoms with Gasteiger partial charge in [0.1, 0.15) is 11.4 Å². The first-order valence-corrected chi connectivity index (χ1v) is 6.46. The monoisotopic (exact) mass is 329 g/mol. The lowest BCUT2D eigenvalue weighted by atomic mass is 9.98. The molecule has 0 radical (unpaired) electrons. The molecule has 0 aliphatic heterocycles. The average molecular weight is 329 g/mol. The van der Waals surface area contributed by atoms with E-state index in [1.165, 1.54) is 39.0 Å². The van der Waals surface area contributed by atoms with E-state index in [0.29, 0.717) is 0 Å². The zero-order valence-electron chi connectivity index (χ0n) is 12.6. The summed E-state index contributed by atoms with van der Waals surface area (Å²) in [5, 5.41) is 9.01. The molecule has 5 nitrogen and oxygen atoms in total. The smallest absolute Gasteiger partial charge is 0.459 e. The van der Waals surface area contributed by atoms with E-state index < -0.39 is 40.9 Å². The molecule has 1 aromatic rings. The van der Waals surface area contributed by atoms with Gasteiger partial charge in [0.15, 0.2) is 5.78 Å². The summed E-state index contributed by atoms with van der Waals surface area (Å²) in [6.45, 7) is 4.60. The minimum atomic E-state index is -5.01. The molecule has 1 aromatic carbocycles. The largest absolute Gasteiger partial charge is 0.573 e. The van der Waals surface area contributed by atoms with Crippen LogP contribution in [0.4, 0.5) is 13.2 Å². The van der Waals surface area contributed by atoms with Crippen LogP contribution in [0, 0.1) is 17.2 Å². The van der Waals surface area contributed by atoms with Gasteiger partial charge < -0.3 is 9.47 Å². The Balaban J connectivity index is 3.13. The van der Waals surface area contributed by atoms with Crippen LogP contribution in [0.25, 0.3) is 0 Å². The average Bonchev–Trinajstić information content (AvgIpc) is 2.35. The molecule has 8 heteroatoms. The Morgan fingerprint density at radius 3 is 2.22 bits per heavy atom. The van der Waals surface area contributed by atoms with Gasteiger partial charge in [0.25, 0.3) is 0 Å². The van der Waals surface area contributed by atoms with Gasteiger partial charge in [-0.1, -0.05) is 12.1 Å². The number of rotatable bonds is 4. The Kier molecular flexibility index (Phi) is 5.38. The molecule has 1 rings (SSSR count). The summed E-state index contributed by atoms with van der Waals surface area (Å²) in [6, 6.07) is 5.93. The predicted molar refractivity (Wildman–Crippen MR) is 72.4 cm³/mol. The highest BCUT2D eigenvalue weighted by atomic mass is 19.4. The van der Waals surface area contributed by atoms with Crippen LogP contribution in [-0.2, 0) is 9.53 Å². The van der Waals surface area contributed by atoms with Gasteiger partial charge in [-0.15, -0.1) is 13.2 Å². The van der Waals surface area contributed by atoms with Gasteiger partial charge in [-0.05, 0) is 32.9 Å². The zero-order chi connectivity index (χ0) is 17.8. The number of hydrogen-bond donors (Lipinski definition) is 0. The summed E-state index contributed by atoms with van der Waals surface area (Å²) in [7, 11) is 0. The molecule has 0 amide bonds. The highest BCUT2D eigenvalue weighted by Gasteiger charge is 2.36. The van der Waals surface area contributed by atoms with Crippen molar-refractivity contribution >= 4 is 11.8 Å². The molecular formula is C15H14F3NO4. The third-order valence-corrected chi connectivity index (χ3v) is 2.41. The number of ether oxygens (including phenoxy) is 2. The van der Waals surface area contributed by atoms with Crippen LogP contribution < -0.4 is 4.74 Å². The zero-order valence-corrected chi connectivity index (χ0v) is 12.6. The van der Waals surface area contributed by atoms with E-state index in [0.717, 1.165) is 12.1 Å². The molecule has 124 valence electrons. The highest BCUT2D eigenvalue weighted by Crippen LogP contribution is 2.28. The Hall–Kier alpha value is -2.56. The second-order valence-electron chi connectivity index (χ2n) is 5.50. The summed E-state index contributed by atoms with van der Waals surface area (Å²) in [6.07, 6.45) is -5.01. The van der Waals surface area contributed by atoms with Gasteiger partial charge in [-0.25, -0.2) is 0 Å². The van der Waals surface area contributed by atoms with Gasteiger partial charge in [0.05, 0.1) is 11.6 Å². The van der Waals surface area contributed by atoms with Crippen LogP contribution in [0.5, 0.6) is 5.75 Å². The molecular weight excluding hydrogens is 315 g/mol. The molecule has 0 heterocycles. The normalized spacial score (nSPS) is 12.9. The number of nitriles is 1. The first-order valence-electron chi connectivity index (χ1n) is 6.46. The van der Waals surface area contributed by atoms with Crippen molar-refractivity contribution in [2.45, 2.75) is 32.7 Å². The Morgan fingerprint density at radius 2 is 1.74 bits per heavy atom. The van der Waals surface area contributed by atoms with Crippen LogP contribution in [0.15, 0.2) is 24.3 Å². The number of benzene rings is 1. The van der Waals surface area contributed by atoms with Crippen LogP contribution in [-0.4, -0.2) is 23.7 Å². The molecule has 1 unspecified atom stereocenters. The molecule has 1 atom stereocenters. The number of carbonyl (C=O) groups is 2. The highest BCUT2D eigenvalue weighted by molar-refractivity contribution is 6.12. The number of para-hydroxylation sites is 1. The first-order chi connectivity index (χ1) is 10.4. The summed E-state index contributed by atoms with van der Waals surface area (Å²) in [5.74, 6) is -4.92. The van der Waals surface area contributed by atoms with E-state index in [2.05, 4.69) is 4.74 Å². The fraction of sp³-hybridized carbons (Fsp3) is 0.400. The Morgan fingerprint density at radius 1 is 1.17 bits per heavy atom. The topological polar surface area (TPSA) is 76.4 Å².